The summed E-state index contributed by atoms with van der Waals surface area (Å²) in [6.07, 6.45) is 3.62. The van der Waals surface area contributed by atoms with Crippen molar-refractivity contribution in [3.8, 4) is 11.4 Å². The SMILES string of the molecule is CCOC(=O)c1c(NC(=O)CSc2nnc(CNC(=O)COc3ccccc3)n2-c2ccc([N+](=O)[O-])cc2)sc2c1CCCC2. The summed E-state index contributed by atoms with van der Waals surface area (Å²) >= 11 is 2.50. The van der Waals surface area contributed by atoms with E-state index in [2.05, 4.69) is 20.8 Å². The van der Waals surface area contributed by atoms with Crippen molar-refractivity contribution in [3.63, 3.8) is 0 Å². The number of amides is 2. The van der Waals surface area contributed by atoms with Crippen LogP contribution in [0.2, 0.25) is 0 Å². The molecule has 1 aliphatic rings. The zero-order valence-electron chi connectivity index (χ0n) is 24.3. The van der Waals surface area contributed by atoms with Gasteiger partial charge in [0, 0.05) is 22.7 Å². The Kier molecular flexibility index (Phi) is 10.4. The van der Waals surface area contributed by atoms with Gasteiger partial charge in [-0.05, 0) is 62.4 Å². The van der Waals surface area contributed by atoms with Crippen LogP contribution in [-0.4, -0.2) is 56.4 Å². The molecule has 2 aromatic heterocycles. The summed E-state index contributed by atoms with van der Waals surface area (Å²) in [4.78, 5) is 50.2. The summed E-state index contributed by atoms with van der Waals surface area (Å²) in [6, 6.07) is 14.7. The number of nitrogens with zero attached hydrogens (tertiary/aromatic N) is 4. The van der Waals surface area contributed by atoms with Gasteiger partial charge in [-0.15, -0.1) is 21.5 Å². The number of nitrogens with one attached hydrogen (secondary N) is 2. The number of nitro groups is 1. The number of carbonyl (C=O) groups excluding carboxylic acids is 3. The maximum absolute atomic E-state index is 13.1. The number of anilines is 1. The first kappa shape index (κ1) is 31.7. The molecular formula is C30H30N6O7S2. The van der Waals surface area contributed by atoms with E-state index >= 15 is 0 Å². The Morgan fingerprint density at radius 3 is 2.53 bits per heavy atom. The van der Waals surface area contributed by atoms with E-state index in [1.165, 1.54) is 35.6 Å². The van der Waals surface area contributed by atoms with E-state index in [4.69, 9.17) is 9.47 Å². The molecule has 0 fully saturated rings. The van der Waals surface area contributed by atoms with Gasteiger partial charge in [-0.3, -0.25) is 24.3 Å². The molecule has 2 heterocycles. The van der Waals surface area contributed by atoms with Gasteiger partial charge in [0.2, 0.25) is 5.91 Å². The minimum atomic E-state index is -0.503. The van der Waals surface area contributed by atoms with Crippen molar-refractivity contribution in [2.45, 2.75) is 44.3 Å². The second-order valence-electron chi connectivity index (χ2n) is 9.86. The molecule has 45 heavy (non-hydrogen) atoms. The Morgan fingerprint density at radius 1 is 1.04 bits per heavy atom. The summed E-state index contributed by atoms with van der Waals surface area (Å²) in [5.41, 5.74) is 1.79. The van der Waals surface area contributed by atoms with Gasteiger partial charge < -0.3 is 20.1 Å². The summed E-state index contributed by atoms with van der Waals surface area (Å²) in [7, 11) is 0. The highest BCUT2D eigenvalue weighted by Crippen LogP contribution is 2.39. The van der Waals surface area contributed by atoms with Gasteiger partial charge in [-0.25, -0.2) is 4.79 Å². The largest absolute Gasteiger partial charge is 0.484 e. The number of hydrogen-bond donors (Lipinski definition) is 2. The molecule has 4 aromatic rings. The number of nitro benzene ring substituents is 1. The van der Waals surface area contributed by atoms with Crippen LogP contribution in [0.15, 0.2) is 59.8 Å². The quantitative estimate of drug-likeness (QED) is 0.0894. The summed E-state index contributed by atoms with van der Waals surface area (Å²) in [5.74, 6) is -0.352. The first-order chi connectivity index (χ1) is 21.8. The molecule has 0 unspecified atom stereocenters. The fourth-order valence-corrected chi connectivity index (χ4v) is 6.82. The molecule has 5 rings (SSSR count). The summed E-state index contributed by atoms with van der Waals surface area (Å²) < 4.78 is 12.4. The van der Waals surface area contributed by atoms with Crippen LogP contribution in [0.4, 0.5) is 10.7 Å². The van der Waals surface area contributed by atoms with Crippen LogP contribution in [0, 0.1) is 10.1 Å². The predicted molar refractivity (Wildman–Crippen MR) is 168 cm³/mol. The van der Waals surface area contributed by atoms with Crippen molar-refractivity contribution < 1.29 is 28.8 Å². The van der Waals surface area contributed by atoms with Crippen molar-refractivity contribution in [2.75, 3.05) is 24.3 Å². The average molecular weight is 651 g/mol. The highest BCUT2D eigenvalue weighted by atomic mass is 32.2. The zero-order valence-corrected chi connectivity index (χ0v) is 25.9. The van der Waals surface area contributed by atoms with Crippen LogP contribution in [0.3, 0.4) is 0 Å². The third kappa shape index (κ3) is 7.85. The number of hydrogen-bond acceptors (Lipinski definition) is 11. The number of para-hydroxylation sites is 1. The van der Waals surface area contributed by atoms with Gasteiger partial charge >= 0.3 is 5.97 Å². The predicted octanol–water partition coefficient (Wildman–Crippen LogP) is 4.72. The molecule has 13 nitrogen and oxygen atoms in total. The van der Waals surface area contributed by atoms with E-state index in [1.807, 2.05) is 6.07 Å². The lowest BCUT2D eigenvalue weighted by Gasteiger charge is -2.12. The highest BCUT2D eigenvalue weighted by Gasteiger charge is 2.27. The van der Waals surface area contributed by atoms with Gasteiger partial charge in [-0.1, -0.05) is 30.0 Å². The van der Waals surface area contributed by atoms with E-state index in [1.54, 1.807) is 35.8 Å². The van der Waals surface area contributed by atoms with Crippen LogP contribution in [0.25, 0.3) is 5.69 Å². The number of thiophene rings is 1. The first-order valence-electron chi connectivity index (χ1n) is 14.2. The minimum absolute atomic E-state index is 0.0165. The van der Waals surface area contributed by atoms with Crippen molar-refractivity contribution in [3.05, 3.63) is 86.5 Å². The number of aromatic nitrogens is 3. The fraction of sp³-hybridized carbons (Fsp3) is 0.300. The summed E-state index contributed by atoms with van der Waals surface area (Å²) in [5, 5.41) is 26.1. The van der Waals surface area contributed by atoms with E-state index in [-0.39, 0.29) is 43.0 Å². The van der Waals surface area contributed by atoms with Gasteiger partial charge in [0.1, 0.15) is 10.8 Å². The van der Waals surface area contributed by atoms with Gasteiger partial charge in [0.05, 0.1) is 29.4 Å². The highest BCUT2D eigenvalue weighted by molar-refractivity contribution is 7.99. The van der Waals surface area contributed by atoms with Gasteiger partial charge in [0.15, 0.2) is 17.6 Å². The second-order valence-corrected chi connectivity index (χ2v) is 11.9. The number of esters is 1. The fourth-order valence-electron chi connectivity index (χ4n) is 4.75. The molecule has 0 bridgehead atoms. The van der Waals surface area contributed by atoms with Crippen LogP contribution in [0.1, 0.15) is 46.4 Å². The molecule has 2 aromatic carbocycles. The molecule has 0 radical (unpaired) electrons. The molecule has 0 atom stereocenters. The van der Waals surface area contributed by atoms with Crippen LogP contribution in [-0.2, 0) is 33.7 Å². The molecular weight excluding hydrogens is 620 g/mol. The normalized spacial score (nSPS) is 12.2. The molecule has 0 saturated carbocycles. The first-order valence-corrected chi connectivity index (χ1v) is 16.0. The topological polar surface area (TPSA) is 168 Å². The van der Waals surface area contributed by atoms with Gasteiger partial charge in [-0.2, -0.15) is 0 Å². The van der Waals surface area contributed by atoms with Crippen molar-refractivity contribution in [1.29, 1.82) is 0 Å². The molecule has 0 spiro atoms. The van der Waals surface area contributed by atoms with E-state index in [0.717, 1.165) is 47.9 Å². The number of benzene rings is 2. The number of rotatable bonds is 13. The lowest BCUT2D eigenvalue weighted by Crippen LogP contribution is -2.29. The zero-order chi connectivity index (χ0) is 31.8. The number of thioether (sulfide) groups is 1. The minimum Gasteiger partial charge on any atom is -0.484 e. The van der Waals surface area contributed by atoms with Crippen LogP contribution in [0.5, 0.6) is 5.75 Å². The molecule has 234 valence electrons. The number of fused-ring (bicyclic) bond motifs is 1. The van der Waals surface area contributed by atoms with E-state index in [9.17, 15) is 24.5 Å². The van der Waals surface area contributed by atoms with E-state index < -0.39 is 10.9 Å². The smallest absolute Gasteiger partial charge is 0.341 e. The Bertz CT molecular complexity index is 1690. The molecule has 0 saturated heterocycles. The standard InChI is InChI=1S/C30H30N6O7S2/c1-2-42-29(39)27-22-10-6-7-11-23(22)45-28(27)32-26(38)18-44-30-34-33-24(35(30)19-12-14-20(15-13-19)36(40)41)16-31-25(37)17-43-21-8-4-3-5-9-21/h3-5,8-9,12-15H,2,6-7,10-11,16-18H2,1H3,(H,31,37)(H,32,38). The number of ether oxygens (including phenoxy) is 2. The maximum Gasteiger partial charge on any atom is 0.341 e. The molecule has 1 aliphatic carbocycles. The molecule has 0 aliphatic heterocycles. The molecule has 15 heteroatoms. The Balaban J connectivity index is 1.30. The molecule has 2 amide bonds. The Hall–Kier alpha value is -4.76. The Labute approximate surface area is 266 Å². The maximum atomic E-state index is 13.1. The van der Waals surface area contributed by atoms with Crippen molar-refractivity contribution in [1.82, 2.24) is 20.1 Å². The number of non-ortho nitro benzene ring substituents is 1. The third-order valence-corrected chi connectivity index (χ3v) is 8.95. The van der Waals surface area contributed by atoms with Crippen LogP contribution < -0.4 is 15.4 Å². The third-order valence-electron chi connectivity index (χ3n) is 6.81. The lowest BCUT2D eigenvalue weighted by molar-refractivity contribution is -0.384. The number of aryl methyl sites for hydroxylation is 1. The monoisotopic (exact) mass is 650 g/mol. The van der Waals surface area contributed by atoms with E-state index in [0.29, 0.717) is 33.0 Å². The van der Waals surface area contributed by atoms with Crippen LogP contribution >= 0.6 is 23.1 Å². The van der Waals surface area contributed by atoms with Gasteiger partial charge in [0.25, 0.3) is 11.6 Å². The molecule has 2 N–H and O–H groups in total. The van der Waals surface area contributed by atoms with Crippen molar-refractivity contribution in [2.24, 2.45) is 0 Å². The summed E-state index contributed by atoms with van der Waals surface area (Å²) in [6.45, 7) is 1.74. The second kappa shape index (κ2) is 14.8. The average Bonchev–Trinajstić information content (AvgIpc) is 3.63. The van der Waals surface area contributed by atoms with Crippen molar-refractivity contribution >= 4 is 51.6 Å². The lowest BCUT2D eigenvalue weighted by atomic mass is 9.95. The number of carbonyl (C=O) groups is 3. The Morgan fingerprint density at radius 2 is 1.80 bits per heavy atom.